The second-order valence-electron chi connectivity index (χ2n) is 3.78. The van der Waals surface area contributed by atoms with Crippen LogP contribution in [0.4, 0.5) is 4.39 Å². The van der Waals surface area contributed by atoms with E-state index in [4.69, 9.17) is 11.6 Å². The van der Waals surface area contributed by atoms with Crippen LogP contribution in [0.3, 0.4) is 0 Å². The molecule has 0 radical (unpaired) electrons. The SMILES string of the molecule is CNC1CCCc2c(F)cc(Br)c(Cl)c21. The molecule has 82 valence electrons. The van der Waals surface area contributed by atoms with Crippen molar-refractivity contribution in [3.05, 3.63) is 32.5 Å². The Balaban J connectivity index is 2.62. The number of halogens is 3. The normalized spacial score (nSPS) is 20.1. The summed E-state index contributed by atoms with van der Waals surface area (Å²) in [4.78, 5) is 0. The quantitative estimate of drug-likeness (QED) is 0.776. The van der Waals surface area contributed by atoms with Gasteiger partial charge in [0.05, 0.1) is 5.02 Å². The highest BCUT2D eigenvalue weighted by Gasteiger charge is 2.25. The number of hydrogen-bond donors (Lipinski definition) is 1. The molecule has 0 saturated carbocycles. The highest BCUT2D eigenvalue weighted by molar-refractivity contribution is 9.10. The lowest BCUT2D eigenvalue weighted by molar-refractivity contribution is 0.479. The van der Waals surface area contributed by atoms with Gasteiger partial charge < -0.3 is 5.32 Å². The zero-order chi connectivity index (χ0) is 11.0. The van der Waals surface area contributed by atoms with E-state index < -0.39 is 0 Å². The second kappa shape index (κ2) is 4.40. The molecular weight excluding hydrogens is 280 g/mol. The molecule has 0 fully saturated rings. The van der Waals surface area contributed by atoms with Gasteiger partial charge in [0.25, 0.3) is 0 Å². The molecule has 15 heavy (non-hydrogen) atoms. The van der Waals surface area contributed by atoms with Gasteiger partial charge in [-0.3, -0.25) is 0 Å². The summed E-state index contributed by atoms with van der Waals surface area (Å²) in [5.74, 6) is -0.152. The van der Waals surface area contributed by atoms with Crippen LogP contribution in [-0.2, 0) is 6.42 Å². The minimum atomic E-state index is -0.152. The van der Waals surface area contributed by atoms with Crippen molar-refractivity contribution in [2.24, 2.45) is 0 Å². The highest BCUT2D eigenvalue weighted by Crippen LogP contribution is 2.40. The lowest BCUT2D eigenvalue weighted by atomic mass is 9.87. The number of benzene rings is 1. The van der Waals surface area contributed by atoms with Gasteiger partial charge in [-0.2, -0.15) is 0 Å². The number of hydrogen-bond acceptors (Lipinski definition) is 1. The topological polar surface area (TPSA) is 12.0 Å². The fourth-order valence-corrected chi connectivity index (χ4v) is 2.90. The maximum Gasteiger partial charge on any atom is 0.127 e. The Morgan fingerprint density at radius 1 is 1.60 bits per heavy atom. The summed E-state index contributed by atoms with van der Waals surface area (Å²) < 4.78 is 14.3. The predicted molar refractivity (Wildman–Crippen MR) is 63.8 cm³/mol. The molecule has 0 aromatic heterocycles. The van der Waals surface area contributed by atoms with E-state index in [2.05, 4.69) is 21.2 Å². The van der Waals surface area contributed by atoms with Gasteiger partial charge in [0, 0.05) is 10.5 Å². The Bertz CT molecular complexity index is 395. The molecule has 0 heterocycles. The van der Waals surface area contributed by atoms with Crippen molar-refractivity contribution in [3.63, 3.8) is 0 Å². The molecule has 4 heteroatoms. The monoisotopic (exact) mass is 291 g/mol. The predicted octanol–water partition coefficient (Wildman–Crippen LogP) is 3.84. The third-order valence-electron chi connectivity index (χ3n) is 2.93. The summed E-state index contributed by atoms with van der Waals surface area (Å²) in [6.45, 7) is 0. The fraction of sp³-hybridized carbons (Fsp3) is 0.455. The van der Waals surface area contributed by atoms with Crippen LogP contribution in [-0.4, -0.2) is 7.05 Å². The Kier molecular flexibility index (Phi) is 3.33. The number of fused-ring (bicyclic) bond motifs is 1. The summed E-state index contributed by atoms with van der Waals surface area (Å²) in [6, 6.07) is 1.63. The van der Waals surface area contributed by atoms with Crippen LogP contribution in [0, 0.1) is 5.82 Å². The van der Waals surface area contributed by atoms with Gasteiger partial charge in [-0.25, -0.2) is 4.39 Å². The van der Waals surface area contributed by atoms with Crippen molar-refractivity contribution in [2.75, 3.05) is 7.05 Å². The molecule has 1 nitrogen and oxygen atoms in total. The van der Waals surface area contributed by atoms with Crippen LogP contribution >= 0.6 is 27.5 Å². The molecule has 1 aromatic rings. The van der Waals surface area contributed by atoms with Crippen LogP contribution in [0.25, 0.3) is 0 Å². The van der Waals surface area contributed by atoms with Gasteiger partial charge in [0.1, 0.15) is 5.82 Å². The first-order valence-corrected chi connectivity index (χ1v) is 6.15. The van der Waals surface area contributed by atoms with Gasteiger partial charge in [-0.15, -0.1) is 0 Å². The van der Waals surface area contributed by atoms with Gasteiger partial charge in [-0.05, 0) is 59.4 Å². The average Bonchev–Trinajstić information content (AvgIpc) is 2.25. The summed E-state index contributed by atoms with van der Waals surface area (Å²) >= 11 is 9.49. The van der Waals surface area contributed by atoms with Crippen molar-refractivity contribution in [1.29, 1.82) is 0 Å². The molecule has 1 atom stereocenters. The zero-order valence-corrected chi connectivity index (χ0v) is 10.8. The molecule has 1 aromatic carbocycles. The molecular formula is C11H12BrClFN. The van der Waals surface area contributed by atoms with E-state index in [0.717, 1.165) is 30.4 Å². The molecule has 0 amide bonds. The van der Waals surface area contributed by atoms with Crippen molar-refractivity contribution in [3.8, 4) is 0 Å². The Labute approximate surface area is 102 Å². The third-order valence-corrected chi connectivity index (χ3v) is 4.19. The standard InChI is InChI=1S/C11H12BrClFN/c1-15-9-4-2-3-6-8(14)5-7(12)11(13)10(6)9/h5,9,15H,2-4H2,1H3. The van der Waals surface area contributed by atoms with E-state index in [1.807, 2.05) is 7.05 Å². The van der Waals surface area contributed by atoms with Crippen LogP contribution in [0.1, 0.15) is 30.0 Å². The molecule has 0 saturated heterocycles. The summed E-state index contributed by atoms with van der Waals surface area (Å²) in [7, 11) is 1.88. The molecule has 0 spiro atoms. The maximum atomic E-state index is 13.7. The van der Waals surface area contributed by atoms with Crippen molar-refractivity contribution < 1.29 is 4.39 Å². The van der Waals surface area contributed by atoms with E-state index in [1.54, 1.807) is 0 Å². The largest absolute Gasteiger partial charge is 0.313 e. The number of rotatable bonds is 1. The fourth-order valence-electron chi connectivity index (χ4n) is 2.18. The number of nitrogens with one attached hydrogen (secondary N) is 1. The summed E-state index contributed by atoms with van der Waals surface area (Å²) in [6.07, 6.45) is 2.80. The van der Waals surface area contributed by atoms with Crippen LogP contribution in [0.2, 0.25) is 5.02 Å². The van der Waals surface area contributed by atoms with Gasteiger partial charge in [-0.1, -0.05) is 11.6 Å². The third kappa shape index (κ3) is 1.93. The Morgan fingerprint density at radius 3 is 3.00 bits per heavy atom. The van der Waals surface area contributed by atoms with E-state index in [-0.39, 0.29) is 11.9 Å². The van der Waals surface area contributed by atoms with Crippen LogP contribution in [0.15, 0.2) is 10.5 Å². The molecule has 1 aliphatic carbocycles. The second-order valence-corrected chi connectivity index (χ2v) is 5.01. The first-order valence-electron chi connectivity index (χ1n) is 4.98. The Morgan fingerprint density at radius 2 is 2.33 bits per heavy atom. The van der Waals surface area contributed by atoms with Crippen molar-refractivity contribution >= 4 is 27.5 Å². The summed E-state index contributed by atoms with van der Waals surface area (Å²) in [5.41, 5.74) is 1.70. The maximum absolute atomic E-state index is 13.7. The smallest absolute Gasteiger partial charge is 0.127 e. The molecule has 0 aliphatic heterocycles. The molecule has 1 unspecified atom stereocenters. The van der Waals surface area contributed by atoms with Crippen LogP contribution < -0.4 is 5.32 Å². The summed E-state index contributed by atoms with van der Waals surface area (Å²) in [5, 5.41) is 3.83. The minimum Gasteiger partial charge on any atom is -0.313 e. The van der Waals surface area contributed by atoms with E-state index in [1.165, 1.54) is 6.07 Å². The van der Waals surface area contributed by atoms with E-state index >= 15 is 0 Å². The lowest BCUT2D eigenvalue weighted by Gasteiger charge is -2.27. The highest BCUT2D eigenvalue weighted by atomic mass is 79.9. The van der Waals surface area contributed by atoms with Gasteiger partial charge in [0.15, 0.2) is 0 Å². The average molecular weight is 293 g/mol. The van der Waals surface area contributed by atoms with E-state index in [0.29, 0.717) is 9.50 Å². The zero-order valence-electron chi connectivity index (χ0n) is 8.41. The first-order chi connectivity index (χ1) is 7.15. The first kappa shape index (κ1) is 11.4. The lowest BCUT2D eigenvalue weighted by Crippen LogP contribution is -2.23. The molecule has 2 rings (SSSR count). The van der Waals surface area contributed by atoms with E-state index in [9.17, 15) is 4.39 Å². The molecule has 1 aliphatic rings. The Hall–Kier alpha value is -0.120. The van der Waals surface area contributed by atoms with Crippen LogP contribution in [0.5, 0.6) is 0 Å². The molecule has 1 N–H and O–H groups in total. The van der Waals surface area contributed by atoms with Gasteiger partial charge >= 0.3 is 0 Å². The van der Waals surface area contributed by atoms with Gasteiger partial charge in [0.2, 0.25) is 0 Å². The minimum absolute atomic E-state index is 0.152. The molecule has 0 bridgehead atoms. The van der Waals surface area contributed by atoms with Crippen molar-refractivity contribution in [2.45, 2.75) is 25.3 Å². The van der Waals surface area contributed by atoms with Crippen molar-refractivity contribution in [1.82, 2.24) is 5.32 Å².